The number of sulfone groups is 1. The second-order valence-electron chi connectivity index (χ2n) is 4.37. The van der Waals surface area contributed by atoms with Crippen molar-refractivity contribution in [3.05, 3.63) is 58.0 Å². The van der Waals surface area contributed by atoms with Crippen LogP contribution in [0.2, 0.25) is 5.02 Å². The molecule has 0 amide bonds. The molecule has 0 N–H and O–H groups in total. The molecule has 0 spiro atoms. The minimum absolute atomic E-state index is 0.204. The average molecular weight is 463 g/mol. The van der Waals surface area contributed by atoms with Gasteiger partial charge in [-0.3, -0.25) is 0 Å². The molecule has 0 aliphatic heterocycles. The summed E-state index contributed by atoms with van der Waals surface area (Å²) in [6, 6.07) is 13.4. The Labute approximate surface area is 147 Å². The van der Waals surface area contributed by atoms with E-state index in [2.05, 4.69) is 25.1 Å². The summed E-state index contributed by atoms with van der Waals surface area (Å²) in [4.78, 5) is 0.204. The van der Waals surface area contributed by atoms with Crippen molar-refractivity contribution < 1.29 is 8.42 Å². The molecule has 0 aliphatic carbocycles. The Morgan fingerprint density at radius 3 is 2.27 bits per heavy atom. The number of rotatable bonds is 3. The maximum absolute atomic E-state index is 12.8. The Morgan fingerprint density at radius 1 is 1.00 bits per heavy atom. The first kappa shape index (κ1) is 15.9. The van der Waals surface area contributed by atoms with E-state index in [1.54, 1.807) is 12.1 Å². The zero-order valence-corrected chi connectivity index (χ0v) is 15.8. The summed E-state index contributed by atoms with van der Waals surface area (Å²) >= 11 is 8.62. The first-order valence-electron chi connectivity index (χ1n) is 6.07. The normalized spacial score (nSPS) is 11.5. The monoisotopic (exact) mass is 462 g/mol. The molecule has 0 fully saturated rings. The van der Waals surface area contributed by atoms with E-state index in [1.165, 1.54) is 12.1 Å². The first-order chi connectivity index (χ1) is 10.5. The van der Waals surface area contributed by atoms with Gasteiger partial charge in [0.25, 0.3) is 0 Å². The van der Waals surface area contributed by atoms with Crippen LogP contribution in [0.25, 0.3) is 11.3 Å². The van der Waals surface area contributed by atoms with Crippen molar-refractivity contribution >= 4 is 52.1 Å². The van der Waals surface area contributed by atoms with E-state index in [4.69, 9.17) is 11.6 Å². The van der Waals surface area contributed by atoms with Crippen LogP contribution in [0, 0.1) is 0 Å². The van der Waals surface area contributed by atoms with Crippen LogP contribution in [0.3, 0.4) is 0 Å². The van der Waals surface area contributed by atoms with Crippen molar-refractivity contribution in [2.75, 3.05) is 0 Å². The Hall–Kier alpha value is -0.981. The summed E-state index contributed by atoms with van der Waals surface area (Å²) in [6.45, 7) is 0. The first-order valence-corrected chi connectivity index (χ1v) is 10.3. The SMILES string of the molecule is O=S(=O)(c1ccc(Cl)cc1)c1[se]nnc1-c1ccc(Br)cc1. The van der Waals surface area contributed by atoms with Crippen molar-refractivity contribution in [3.8, 4) is 11.3 Å². The van der Waals surface area contributed by atoms with Crippen LogP contribution in [0.5, 0.6) is 0 Å². The molecule has 0 atom stereocenters. The third-order valence-electron chi connectivity index (χ3n) is 2.94. The molecule has 3 aromatic rings. The second-order valence-corrected chi connectivity index (χ2v) is 9.78. The van der Waals surface area contributed by atoms with Gasteiger partial charge in [-0.05, 0) is 0 Å². The van der Waals surface area contributed by atoms with E-state index >= 15 is 0 Å². The fourth-order valence-electron chi connectivity index (χ4n) is 1.86. The van der Waals surface area contributed by atoms with Crippen molar-refractivity contribution in [2.45, 2.75) is 8.66 Å². The second kappa shape index (κ2) is 6.26. The van der Waals surface area contributed by atoms with Gasteiger partial charge in [-0.15, -0.1) is 0 Å². The van der Waals surface area contributed by atoms with E-state index in [9.17, 15) is 8.42 Å². The third kappa shape index (κ3) is 3.05. The van der Waals surface area contributed by atoms with Crippen LogP contribution in [0.15, 0.2) is 61.7 Å². The van der Waals surface area contributed by atoms with Gasteiger partial charge in [-0.25, -0.2) is 0 Å². The summed E-state index contributed by atoms with van der Waals surface area (Å²) in [7, 11) is -3.61. The van der Waals surface area contributed by atoms with Crippen molar-refractivity contribution in [1.29, 1.82) is 0 Å². The van der Waals surface area contributed by atoms with Gasteiger partial charge < -0.3 is 0 Å². The fourth-order valence-corrected chi connectivity index (χ4v) is 5.80. The number of nitrogens with zero attached hydrogens (tertiary/aromatic N) is 2. The van der Waals surface area contributed by atoms with E-state index in [0.29, 0.717) is 10.7 Å². The van der Waals surface area contributed by atoms with Crippen molar-refractivity contribution in [1.82, 2.24) is 9.19 Å². The molecule has 4 nitrogen and oxygen atoms in total. The van der Waals surface area contributed by atoms with Gasteiger partial charge in [0.1, 0.15) is 0 Å². The Morgan fingerprint density at radius 2 is 1.64 bits per heavy atom. The van der Waals surface area contributed by atoms with Crippen LogP contribution in [0.1, 0.15) is 0 Å². The van der Waals surface area contributed by atoms with Crippen LogP contribution < -0.4 is 0 Å². The van der Waals surface area contributed by atoms with Crippen LogP contribution in [-0.4, -0.2) is 32.3 Å². The van der Waals surface area contributed by atoms with Crippen LogP contribution >= 0.6 is 27.5 Å². The summed E-state index contributed by atoms with van der Waals surface area (Å²) in [5.41, 5.74) is 1.15. The number of benzene rings is 2. The maximum atomic E-state index is 12.8. The molecular formula is C14H8BrClN2O2SSe. The molecule has 0 saturated carbocycles. The third-order valence-corrected chi connectivity index (χ3v) is 8.16. The summed E-state index contributed by atoms with van der Waals surface area (Å²) < 4.78 is 30.7. The predicted molar refractivity (Wildman–Crippen MR) is 89.0 cm³/mol. The van der Waals surface area contributed by atoms with Gasteiger partial charge in [0.15, 0.2) is 0 Å². The Balaban J connectivity index is 2.11. The van der Waals surface area contributed by atoms with Gasteiger partial charge in [-0.1, -0.05) is 0 Å². The number of hydrogen-bond donors (Lipinski definition) is 0. The van der Waals surface area contributed by atoms with Gasteiger partial charge in [0, 0.05) is 0 Å². The standard InChI is InChI=1S/C14H8BrClN2O2SSe/c15-10-3-1-9(2-4-10)13-14(22-18-17-13)21(19,20)12-7-5-11(16)6-8-12/h1-8H. The molecule has 8 heteroatoms. The minimum atomic E-state index is -3.61. The van der Waals surface area contributed by atoms with Gasteiger partial charge >= 0.3 is 148 Å². The van der Waals surface area contributed by atoms with Crippen molar-refractivity contribution in [3.63, 3.8) is 0 Å². The van der Waals surface area contributed by atoms with E-state index in [1.807, 2.05) is 24.3 Å². The number of halogens is 2. The molecule has 2 aromatic carbocycles. The molecule has 3 rings (SSSR count). The zero-order chi connectivity index (χ0) is 15.7. The van der Waals surface area contributed by atoms with Crippen LogP contribution in [-0.2, 0) is 9.84 Å². The molecule has 0 aliphatic rings. The van der Waals surface area contributed by atoms with E-state index in [0.717, 1.165) is 10.0 Å². The topological polar surface area (TPSA) is 59.9 Å². The van der Waals surface area contributed by atoms with Gasteiger partial charge in [0.05, 0.1) is 0 Å². The fraction of sp³-hybridized carbons (Fsp3) is 0. The molecule has 0 saturated heterocycles. The molecule has 22 heavy (non-hydrogen) atoms. The Bertz CT molecular complexity index is 909. The quantitative estimate of drug-likeness (QED) is 0.560. The number of hydrogen-bond acceptors (Lipinski definition) is 4. The summed E-state index contributed by atoms with van der Waals surface area (Å²) in [5.74, 6) is 0. The molecule has 0 bridgehead atoms. The summed E-state index contributed by atoms with van der Waals surface area (Å²) in [5, 5.41) is 4.53. The van der Waals surface area contributed by atoms with Crippen LogP contribution in [0.4, 0.5) is 0 Å². The number of aromatic nitrogens is 2. The molecule has 0 unspecified atom stereocenters. The van der Waals surface area contributed by atoms with E-state index < -0.39 is 24.6 Å². The van der Waals surface area contributed by atoms with E-state index in [-0.39, 0.29) is 8.66 Å². The molecular weight excluding hydrogens is 455 g/mol. The summed E-state index contributed by atoms with van der Waals surface area (Å²) in [6.07, 6.45) is 0. The zero-order valence-electron chi connectivity index (χ0n) is 10.9. The molecule has 0 radical (unpaired) electrons. The predicted octanol–water partition coefficient (Wildman–Crippen LogP) is 3.45. The van der Waals surface area contributed by atoms with Gasteiger partial charge in [-0.2, -0.15) is 0 Å². The average Bonchev–Trinajstić information content (AvgIpc) is 2.99. The Kier molecular flexibility index (Phi) is 4.52. The van der Waals surface area contributed by atoms with Crippen molar-refractivity contribution in [2.24, 2.45) is 0 Å². The molecule has 1 aromatic heterocycles. The van der Waals surface area contributed by atoms with Gasteiger partial charge in [0.2, 0.25) is 0 Å². The molecule has 1 heterocycles. The molecule has 112 valence electrons.